The van der Waals surface area contributed by atoms with E-state index in [4.69, 9.17) is 4.52 Å². The van der Waals surface area contributed by atoms with Crippen LogP contribution in [0.25, 0.3) is 0 Å². The molecular weight excluding hydrogens is 214 g/mol. The predicted molar refractivity (Wildman–Crippen MR) is 69.0 cm³/mol. The van der Waals surface area contributed by atoms with E-state index in [0.717, 1.165) is 31.1 Å². The van der Waals surface area contributed by atoms with Gasteiger partial charge in [-0.3, -0.25) is 0 Å². The second-order valence-corrected chi connectivity index (χ2v) is 5.29. The summed E-state index contributed by atoms with van der Waals surface area (Å²) in [4.78, 5) is 4.42. The summed E-state index contributed by atoms with van der Waals surface area (Å²) in [6, 6.07) is 0.431. The van der Waals surface area contributed by atoms with Crippen molar-refractivity contribution >= 4 is 0 Å². The molecule has 1 unspecified atom stereocenters. The summed E-state index contributed by atoms with van der Waals surface area (Å²) in [7, 11) is 0. The lowest BCUT2D eigenvalue weighted by Crippen LogP contribution is -2.32. The van der Waals surface area contributed by atoms with E-state index in [0.29, 0.717) is 17.9 Å². The van der Waals surface area contributed by atoms with Gasteiger partial charge in [-0.2, -0.15) is 4.98 Å². The Morgan fingerprint density at radius 1 is 1.24 bits per heavy atom. The summed E-state index contributed by atoms with van der Waals surface area (Å²) >= 11 is 0. The highest BCUT2D eigenvalue weighted by Gasteiger charge is 2.16. The first kappa shape index (κ1) is 14.2. The smallest absolute Gasteiger partial charge is 0.228 e. The topological polar surface area (TPSA) is 51.0 Å². The minimum absolute atomic E-state index is 0.329. The van der Waals surface area contributed by atoms with Crippen molar-refractivity contribution < 1.29 is 4.52 Å². The largest absolute Gasteiger partial charge is 0.339 e. The highest BCUT2D eigenvalue weighted by atomic mass is 16.5. The van der Waals surface area contributed by atoms with Crippen molar-refractivity contribution in [2.24, 2.45) is 5.92 Å². The van der Waals surface area contributed by atoms with E-state index in [1.54, 1.807) is 0 Å². The molecule has 0 spiro atoms. The first-order valence-electron chi connectivity index (χ1n) is 6.58. The molecule has 0 aliphatic heterocycles. The summed E-state index contributed by atoms with van der Waals surface area (Å²) < 4.78 is 5.28. The highest BCUT2D eigenvalue weighted by Crippen LogP contribution is 2.13. The second kappa shape index (κ2) is 6.74. The molecule has 1 aromatic rings. The van der Waals surface area contributed by atoms with E-state index < -0.39 is 0 Å². The average molecular weight is 239 g/mol. The van der Waals surface area contributed by atoms with E-state index in [-0.39, 0.29) is 0 Å². The van der Waals surface area contributed by atoms with Crippen LogP contribution in [0.4, 0.5) is 0 Å². The van der Waals surface area contributed by atoms with Crippen LogP contribution < -0.4 is 5.32 Å². The van der Waals surface area contributed by atoms with Gasteiger partial charge in [0.25, 0.3) is 0 Å². The van der Waals surface area contributed by atoms with E-state index in [1.807, 2.05) is 0 Å². The monoisotopic (exact) mass is 239 g/mol. The molecule has 0 fully saturated rings. The molecule has 0 saturated carbocycles. The zero-order valence-electron chi connectivity index (χ0n) is 11.7. The second-order valence-electron chi connectivity index (χ2n) is 5.29. The Hall–Kier alpha value is -0.900. The van der Waals surface area contributed by atoms with Crippen molar-refractivity contribution in [2.75, 3.05) is 6.54 Å². The Morgan fingerprint density at radius 3 is 2.41 bits per heavy atom. The SMILES string of the molecule is CCNC(Cc1nc(C(C)C)no1)CC(C)C. The van der Waals surface area contributed by atoms with Gasteiger partial charge in [-0.1, -0.05) is 39.8 Å². The Morgan fingerprint density at radius 2 is 1.94 bits per heavy atom. The number of hydrogen-bond donors (Lipinski definition) is 1. The average Bonchev–Trinajstić information content (AvgIpc) is 2.65. The predicted octanol–water partition coefficient (Wildman–Crippen LogP) is 2.76. The van der Waals surface area contributed by atoms with Crippen molar-refractivity contribution in [3.63, 3.8) is 0 Å². The lowest BCUT2D eigenvalue weighted by molar-refractivity contribution is 0.337. The summed E-state index contributed by atoms with van der Waals surface area (Å²) in [6.45, 7) is 11.7. The van der Waals surface area contributed by atoms with Crippen molar-refractivity contribution in [1.29, 1.82) is 0 Å². The number of aromatic nitrogens is 2. The molecule has 0 aliphatic rings. The van der Waals surface area contributed by atoms with Gasteiger partial charge in [0.15, 0.2) is 5.82 Å². The number of hydrogen-bond acceptors (Lipinski definition) is 4. The molecule has 1 atom stereocenters. The fraction of sp³-hybridized carbons (Fsp3) is 0.846. The van der Waals surface area contributed by atoms with Crippen LogP contribution in [-0.2, 0) is 6.42 Å². The normalized spacial score (nSPS) is 13.6. The molecule has 0 amide bonds. The van der Waals surface area contributed by atoms with Crippen LogP contribution in [-0.4, -0.2) is 22.7 Å². The van der Waals surface area contributed by atoms with Crippen LogP contribution in [0.15, 0.2) is 4.52 Å². The van der Waals surface area contributed by atoms with Crippen LogP contribution >= 0.6 is 0 Å². The van der Waals surface area contributed by atoms with Gasteiger partial charge in [0.2, 0.25) is 5.89 Å². The molecule has 1 aromatic heterocycles. The van der Waals surface area contributed by atoms with Crippen LogP contribution in [0.2, 0.25) is 0 Å². The van der Waals surface area contributed by atoms with Crippen molar-refractivity contribution in [3.8, 4) is 0 Å². The Balaban J connectivity index is 2.58. The quantitative estimate of drug-likeness (QED) is 0.795. The van der Waals surface area contributed by atoms with Crippen LogP contribution in [0, 0.1) is 5.92 Å². The molecule has 1 rings (SSSR count). The molecule has 1 N–H and O–H groups in total. The maximum Gasteiger partial charge on any atom is 0.228 e. The Labute approximate surface area is 104 Å². The zero-order valence-corrected chi connectivity index (χ0v) is 11.7. The minimum Gasteiger partial charge on any atom is -0.339 e. The summed E-state index contributed by atoms with van der Waals surface area (Å²) in [5.41, 5.74) is 0. The molecule has 0 aromatic carbocycles. The van der Waals surface area contributed by atoms with Gasteiger partial charge in [-0.15, -0.1) is 0 Å². The van der Waals surface area contributed by atoms with E-state index >= 15 is 0 Å². The van der Waals surface area contributed by atoms with Crippen LogP contribution in [0.5, 0.6) is 0 Å². The summed E-state index contributed by atoms with van der Waals surface area (Å²) in [6.07, 6.45) is 1.96. The van der Waals surface area contributed by atoms with E-state index in [9.17, 15) is 0 Å². The molecule has 0 radical (unpaired) electrons. The highest BCUT2D eigenvalue weighted by molar-refractivity contribution is 4.93. The zero-order chi connectivity index (χ0) is 12.8. The fourth-order valence-corrected chi connectivity index (χ4v) is 1.89. The molecule has 1 heterocycles. The number of likely N-dealkylation sites (N-methyl/N-ethyl adjacent to an activating group) is 1. The molecule has 4 nitrogen and oxygen atoms in total. The van der Waals surface area contributed by atoms with Gasteiger partial charge >= 0.3 is 0 Å². The van der Waals surface area contributed by atoms with Gasteiger partial charge < -0.3 is 9.84 Å². The molecule has 0 saturated heterocycles. The minimum atomic E-state index is 0.329. The van der Waals surface area contributed by atoms with Crippen molar-refractivity contribution in [3.05, 3.63) is 11.7 Å². The van der Waals surface area contributed by atoms with Gasteiger partial charge in [0, 0.05) is 18.4 Å². The Bertz CT molecular complexity index is 320. The van der Waals surface area contributed by atoms with Crippen LogP contribution in [0.1, 0.15) is 58.7 Å². The third kappa shape index (κ3) is 4.86. The van der Waals surface area contributed by atoms with E-state index in [1.165, 1.54) is 0 Å². The van der Waals surface area contributed by atoms with E-state index in [2.05, 4.69) is 50.1 Å². The van der Waals surface area contributed by atoms with Gasteiger partial charge in [-0.25, -0.2) is 0 Å². The first-order valence-corrected chi connectivity index (χ1v) is 6.58. The Kier molecular flexibility index (Phi) is 5.62. The van der Waals surface area contributed by atoms with Crippen LogP contribution in [0.3, 0.4) is 0 Å². The standard InChI is InChI=1S/C13H25N3O/c1-6-14-11(7-9(2)3)8-12-15-13(10(4)5)16-17-12/h9-11,14H,6-8H2,1-5H3. The maximum atomic E-state index is 5.28. The molecular formula is C13H25N3O. The third-order valence-corrected chi connectivity index (χ3v) is 2.67. The van der Waals surface area contributed by atoms with Gasteiger partial charge in [0.05, 0.1) is 0 Å². The molecule has 0 bridgehead atoms. The first-order chi connectivity index (χ1) is 8.02. The van der Waals surface area contributed by atoms with Gasteiger partial charge in [-0.05, 0) is 18.9 Å². The summed E-state index contributed by atoms with van der Waals surface area (Å²) in [5, 5.41) is 7.47. The lowest BCUT2D eigenvalue weighted by atomic mass is 10.0. The van der Waals surface area contributed by atoms with Gasteiger partial charge in [0.1, 0.15) is 0 Å². The number of nitrogens with one attached hydrogen (secondary N) is 1. The fourth-order valence-electron chi connectivity index (χ4n) is 1.89. The lowest BCUT2D eigenvalue weighted by Gasteiger charge is -2.17. The molecule has 0 aliphatic carbocycles. The number of rotatable bonds is 7. The van der Waals surface area contributed by atoms with Crippen molar-refractivity contribution in [1.82, 2.24) is 15.5 Å². The molecule has 17 heavy (non-hydrogen) atoms. The summed E-state index contributed by atoms with van der Waals surface area (Å²) in [5.74, 6) is 2.56. The maximum absolute atomic E-state index is 5.28. The molecule has 98 valence electrons. The van der Waals surface area contributed by atoms with Crippen molar-refractivity contribution in [2.45, 2.75) is 59.4 Å². The molecule has 4 heteroatoms. The number of nitrogens with zero attached hydrogens (tertiary/aromatic N) is 2. The third-order valence-electron chi connectivity index (χ3n) is 2.67.